The first kappa shape index (κ1) is 22.5. The largest absolute Gasteiger partial charge is 0.373 e. The van der Waals surface area contributed by atoms with Crippen LogP contribution in [0, 0.1) is 17.8 Å². The van der Waals surface area contributed by atoms with Gasteiger partial charge in [0, 0.05) is 30.9 Å². The van der Waals surface area contributed by atoms with Crippen LogP contribution in [0.3, 0.4) is 0 Å². The molecule has 1 N–H and O–H groups in total. The van der Waals surface area contributed by atoms with Crippen molar-refractivity contribution in [3.8, 4) is 0 Å². The Bertz CT molecular complexity index is 780. The van der Waals surface area contributed by atoms with Crippen LogP contribution in [-0.2, 0) is 24.3 Å². The number of hydrogen-bond acceptors (Lipinski definition) is 6. The van der Waals surface area contributed by atoms with Gasteiger partial charge in [0.05, 0.1) is 36.7 Å². The SMILES string of the molecule is O=C(C1CCCC(Cl)C1)C1CC2CN(S(=O)(=O)C3CCC4OCCOC4C3)CC2CN1. The Morgan fingerprint density at radius 3 is 2.52 bits per heavy atom. The van der Waals surface area contributed by atoms with Gasteiger partial charge in [-0.2, -0.15) is 0 Å². The van der Waals surface area contributed by atoms with E-state index in [1.54, 1.807) is 4.31 Å². The molecule has 0 aromatic carbocycles. The average molecular weight is 475 g/mol. The number of alkyl halides is 1. The van der Waals surface area contributed by atoms with Crippen molar-refractivity contribution < 1.29 is 22.7 Å². The molecule has 5 rings (SSSR count). The molecule has 2 aliphatic carbocycles. The molecule has 0 spiro atoms. The van der Waals surface area contributed by atoms with Gasteiger partial charge in [0.1, 0.15) is 0 Å². The fourth-order valence-electron chi connectivity index (χ4n) is 6.48. The van der Waals surface area contributed by atoms with Crippen LogP contribution in [-0.4, -0.2) is 80.2 Å². The van der Waals surface area contributed by atoms with Gasteiger partial charge >= 0.3 is 0 Å². The van der Waals surface area contributed by atoms with Crippen LogP contribution in [0.4, 0.5) is 0 Å². The molecule has 0 amide bonds. The van der Waals surface area contributed by atoms with Crippen LogP contribution in [0.15, 0.2) is 0 Å². The normalized spacial score (nSPS) is 44.4. The van der Waals surface area contributed by atoms with Gasteiger partial charge in [-0.25, -0.2) is 12.7 Å². The predicted octanol–water partition coefficient (Wildman–Crippen LogP) is 1.93. The lowest BCUT2D eigenvalue weighted by atomic mass is 9.78. The third kappa shape index (κ3) is 4.58. The quantitative estimate of drug-likeness (QED) is 0.627. The number of fused-ring (bicyclic) bond motifs is 2. The second-order valence-electron chi connectivity index (χ2n) is 10.2. The van der Waals surface area contributed by atoms with Crippen molar-refractivity contribution in [2.75, 3.05) is 32.8 Å². The van der Waals surface area contributed by atoms with Gasteiger partial charge in [-0.3, -0.25) is 4.79 Å². The molecule has 5 fully saturated rings. The summed E-state index contributed by atoms with van der Waals surface area (Å²) in [6.07, 6.45) is 6.34. The number of carbonyl (C=O) groups excluding carboxylic acids is 1. The Kier molecular flexibility index (Phi) is 6.68. The highest BCUT2D eigenvalue weighted by molar-refractivity contribution is 7.89. The van der Waals surface area contributed by atoms with Crippen LogP contribution in [0.1, 0.15) is 51.4 Å². The first-order valence-electron chi connectivity index (χ1n) is 12.0. The molecule has 0 radical (unpaired) electrons. The highest BCUT2D eigenvalue weighted by Gasteiger charge is 2.48. The molecule has 0 bridgehead atoms. The summed E-state index contributed by atoms with van der Waals surface area (Å²) in [6, 6.07) is -0.154. The lowest BCUT2D eigenvalue weighted by Crippen LogP contribution is -2.50. The fourth-order valence-corrected chi connectivity index (χ4v) is 8.94. The van der Waals surface area contributed by atoms with Gasteiger partial charge in [0.15, 0.2) is 5.78 Å². The van der Waals surface area contributed by atoms with Gasteiger partial charge in [-0.05, 0) is 56.8 Å². The molecule has 5 aliphatic rings. The second-order valence-corrected chi connectivity index (χ2v) is 13.0. The van der Waals surface area contributed by atoms with E-state index in [2.05, 4.69) is 5.32 Å². The molecular weight excluding hydrogens is 440 g/mol. The zero-order valence-corrected chi connectivity index (χ0v) is 19.7. The molecule has 3 aliphatic heterocycles. The Balaban J connectivity index is 1.20. The lowest BCUT2D eigenvalue weighted by Gasteiger charge is -2.39. The summed E-state index contributed by atoms with van der Waals surface area (Å²) in [6.45, 7) is 2.98. The van der Waals surface area contributed by atoms with Crippen LogP contribution in [0.25, 0.3) is 0 Å². The van der Waals surface area contributed by atoms with Crippen LogP contribution in [0.5, 0.6) is 0 Å². The summed E-state index contributed by atoms with van der Waals surface area (Å²) in [5.74, 6) is 0.889. The molecule has 8 atom stereocenters. The topological polar surface area (TPSA) is 84.9 Å². The third-order valence-electron chi connectivity index (χ3n) is 8.28. The summed E-state index contributed by atoms with van der Waals surface area (Å²) < 4.78 is 40.1. The van der Waals surface area contributed by atoms with Gasteiger partial charge in [-0.1, -0.05) is 6.42 Å². The van der Waals surface area contributed by atoms with Gasteiger partial charge in [-0.15, -0.1) is 11.6 Å². The number of sulfonamides is 1. The monoisotopic (exact) mass is 474 g/mol. The standard InChI is InChI=1S/C22H35ClN2O5S/c23-17-3-1-2-14(8-17)22(26)19-9-15-12-25(13-16(15)11-24-19)31(27,28)18-4-5-20-21(10-18)30-7-6-29-20/h14-21,24H,1-13H2. The Hall–Kier alpha value is -0.250. The van der Waals surface area contributed by atoms with E-state index in [0.717, 1.165) is 45.1 Å². The molecule has 0 aromatic rings. The lowest BCUT2D eigenvalue weighted by molar-refractivity contribution is -0.153. The predicted molar refractivity (Wildman–Crippen MR) is 118 cm³/mol. The van der Waals surface area contributed by atoms with Crippen LogP contribution in [0.2, 0.25) is 0 Å². The van der Waals surface area contributed by atoms with Gasteiger partial charge < -0.3 is 14.8 Å². The Morgan fingerprint density at radius 2 is 1.71 bits per heavy atom. The van der Waals surface area contributed by atoms with Crippen molar-refractivity contribution in [3.05, 3.63) is 0 Å². The molecule has 8 unspecified atom stereocenters. The van der Waals surface area contributed by atoms with Gasteiger partial charge in [0.25, 0.3) is 0 Å². The van der Waals surface area contributed by atoms with E-state index < -0.39 is 10.0 Å². The van der Waals surface area contributed by atoms with E-state index in [1.165, 1.54) is 0 Å². The highest BCUT2D eigenvalue weighted by atomic mass is 35.5. The summed E-state index contributed by atoms with van der Waals surface area (Å²) in [4.78, 5) is 13.1. The number of halogens is 1. The number of nitrogens with one attached hydrogen (secondary N) is 1. The van der Waals surface area contributed by atoms with Crippen molar-refractivity contribution in [3.63, 3.8) is 0 Å². The van der Waals surface area contributed by atoms with Crippen molar-refractivity contribution in [2.45, 2.75) is 80.2 Å². The average Bonchev–Trinajstić information content (AvgIpc) is 3.22. The van der Waals surface area contributed by atoms with Crippen LogP contribution < -0.4 is 5.32 Å². The maximum absolute atomic E-state index is 13.4. The highest BCUT2D eigenvalue weighted by Crippen LogP contribution is 2.38. The second kappa shape index (κ2) is 9.18. The number of piperidine rings is 1. The summed E-state index contributed by atoms with van der Waals surface area (Å²) in [7, 11) is -3.37. The van der Waals surface area contributed by atoms with Crippen molar-refractivity contribution in [1.29, 1.82) is 0 Å². The maximum atomic E-state index is 13.4. The van der Waals surface area contributed by atoms with Crippen LogP contribution >= 0.6 is 11.6 Å². The van der Waals surface area contributed by atoms with E-state index in [0.29, 0.717) is 39.1 Å². The Labute approximate surface area is 190 Å². The van der Waals surface area contributed by atoms with E-state index >= 15 is 0 Å². The minimum Gasteiger partial charge on any atom is -0.373 e. The smallest absolute Gasteiger partial charge is 0.217 e. The molecule has 31 heavy (non-hydrogen) atoms. The maximum Gasteiger partial charge on any atom is 0.217 e. The minimum atomic E-state index is -3.37. The first-order chi connectivity index (χ1) is 14.9. The summed E-state index contributed by atoms with van der Waals surface area (Å²) in [5.41, 5.74) is 0. The van der Waals surface area contributed by atoms with E-state index in [1.807, 2.05) is 0 Å². The molecule has 3 heterocycles. The zero-order valence-electron chi connectivity index (χ0n) is 18.1. The number of hydrogen-bond donors (Lipinski definition) is 1. The number of carbonyl (C=O) groups is 1. The first-order valence-corrected chi connectivity index (χ1v) is 14.0. The number of nitrogens with zero attached hydrogens (tertiary/aromatic N) is 1. The molecule has 7 nitrogen and oxygen atoms in total. The molecule has 9 heteroatoms. The van der Waals surface area contributed by atoms with E-state index in [4.69, 9.17) is 21.1 Å². The molecule has 2 saturated carbocycles. The minimum absolute atomic E-state index is 0.0460. The summed E-state index contributed by atoms with van der Waals surface area (Å²) >= 11 is 6.31. The van der Waals surface area contributed by atoms with Crippen molar-refractivity contribution in [1.82, 2.24) is 9.62 Å². The van der Waals surface area contributed by atoms with Gasteiger partial charge in [0.2, 0.25) is 10.0 Å². The Morgan fingerprint density at radius 1 is 0.935 bits per heavy atom. The van der Waals surface area contributed by atoms with E-state index in [-0.39, 0.29) is 52.4 Å². The van der Waals surface area contributed by atoms with Crippen molar-refractivity contribution >= 4 is 27.4 Å². The zero-order chi connectivity index (χ0) is 21.6. The van der Waals surface area contributed by atoms with Crippen molar-refractivity contribution in [2.24, 2.45) is 17.8 Å². The van der Waals surface area contributed by atoms with E-state index in [9.17, 15) is 13.2 Å². The molecule has 0 aromatic heterocycles. The third-order valence-corrected chi connectivity index (χ3v) is 11.0. The fraction of sp³-hybridized carbons (Fsp3) is 0.955. The number of ketones is 1. The molecular formula is C22H35ClN2O5S. The molecule has 176 valence electrons. The summed E-state index contributed by atoms with van der Waals surface area (Å²) in [5, 5.41) is 3.17. The number of Topliss-reactive ketones (excluding diaryl/α,β-unsaturated/α-hetero) is 1. The number of ether oxygens (including phenoxy) is 2. The molecule has 3 saturated heterocycles. The number of rotatable bonds is 4.